The predicted molar refractivity (Wildman–Crippen MR) is 147 cm³/mol. The van der Waals surface area contributed by atoms with Gasteiger partial charge >= 0.3 is 5.97 Å². The van der Waals surface area contributed by atoms with Crippen LogP contribution in [-0.2, 0) is 9.53 Å². The van der Waals surface area contributed by atoms with Gasteiger partial charge in [-0.05, 0) is 98.5 Å². The van der Waals surface area contributed by atoms with Gasteiger partial charge in [0.25, 0.3) is 0 Å². The van der Waals surface area contributed by atoms with E-state index in [1.54, 1.807) is 0 Å². The second-order valence-electron chi connectivity index (χ2n) is 12.5. The van der Waals surface area contributed by atoms with Crippen LogP contribution in [0.1, 0.15) is 85.0 Å². The molecule has 0 unspecified atom stereocenters. The second-order valence-corrected chi connectivity index (χ2v) is 12.5. The molecule has 9 atom stereocenters. The van der Waals surface area contributed by atoms with E-state index in [-0.39, 0.29) is 35.9 Å². The van der Waals surface area contributed by atoms with Crippen molar-refractivity contribution in [2.75, 3.05) is 6.61 Å². The first kappa shape index (κ1) is 28.3. The summed E-state index contributed by atoms with van der Waals surface area (Å²) in [5, 5.41) is 30.6. The van der Waals surface area contributed by atoms with Crippen molar-refractivity contribution in [3.63, 3.8) is 0 Å². The van der Waals surface area contributed by atoms with Crippen molar-refractivity contribution in [1.82, 2.24) is 0 Å². The summed E-state index contributed by atoms with van der Waals surface area (Å²) in [4.78, 5) is 12.1. The Hall–Kier alpha value is -1.69. The molecule has 0 spiro atoms. The SMILES string of the molecule is C=C1/C(=C\C=C2/CCC[C@]3(C)[C@@H]([C@H](C)C[C@H]4OC(=O)C(=C)[C@H]4CC)CC[C@@H]23)C[C@@H](O)[C@H](CCCO)[C@@H]1O. The van der Waals surface area contributed by atoms with E-state index in [2.05, 4.69) is 46.1 Å². The van der Waals surface area contributed by atoms with Gasteiger partial charge in [0.05, 0.1) is 12.2 Å². The van der Waals surface area contributed by atoms with Crippen LogP contribution in [0, 0.1) is 35.0 Å². The fraction of sp³-hybridized carbons (Fsp3) is 0.719. The van der Waals surface area contributed by atoms with E-state index in [0.717, 1.165) is 24.8 Å². The highest BCUT2D eigenvalue weighted by atomic mass is 16.6. The molecule has 5 nitrogen and oxygen atoms in total. The van der Waals surface area contributed by atoms with Crippen LogP contribution in [-0.4, -0.2) is 46.2 Å². The van der Waals surface area contributed by atoms with Gasteiger partial charge in [0, 0.05) is 24.0 Å². The predicted octanol–water partition coefficient (Wildman–Crippen LogP) is 5.66. The number of aliphatic hydroxyl groups excluding tert-OH is 3. The van der Waals surface area contributed by atoms with Crippen molar-refractivity contribution in [3.05, 3.63) is 47.6 Å². The maximum Gasteiger partial charge on any atom is 0.334 e. The molecule has 3 N–H and O–H groups in total. The maximum atomic E-state index is 12.1. The van der Waals surface area contributed by atoms with Gasteiger partial charge in [-0.25, -0.2) is 4.79 Å². The Morgan fingerprint density at radius 1 is 1.19 bits per heavy atom. The Bertz CT molecular complexity index is 947. The number of allylic oxidation sites excluding steroid dienone is 3. The average Bonchev–Trinajstić information content (AvgIpc) is 3.35. The summed E-state index contributed by atoms with van der Waals surface area (Å²) < 4.78 is 5.74. The van der Waals surface area contributed by atoms with Gasteiger partial charge in [0.15, 0.2) is 0 Å². The summed E-state index contributed by atoms with van der Waals surface area (Å²) in [6.07, 6.45) is 12.3. The summed E-state index contributed by atoms with van der Waals surface area (Å²) in [6, 6.07) is 0. The van der Waals surface area contributed by atoms with Crippen LogP contribution >= 0.6 is 0 Å². The lowest BCUT2D eigenvalue weighted by Gasteiger charge is -2.45. The molecule has 1 saturated heterocycles. The van der Waals surface area contributed by atoms with Crippen molar-refractivity contribution < 1.29 is 24.9 Å². The number of hydrogen-bond donors (Lipinski definition) is 3. The van der Waals surface area contributed by atoms with Crippen molar-refractivity contribution >= 4 is 5.97 Å². The lowest BCUT2D eigenvalue weighted by molar-refractivity contribution is -0.140. The number of fused-ring (bicyclic) bond motifs is 1. The first-order chi connectivity index (χ1) is 17.6. The Balaban J connectivity index is 1.46. The van der Waals surface area contributed by atoms with E-state index in [0.29, 0.717) is 48.2 Å². The highest BCUT2D eigenvalue weighted by molar-refractivity contribution is 5.90. The summed E-state index contributed by atoms with van der Waals surface area (Å²) in [5.41, 5.74) is 4.02. The Kier molecular flexibility index (Phi) is 8.87. The molecule has 0 aromatic rings. The van der Waals surface area contributed by atoms with E-state index in [1.165, 1.54) is 31.3 Å². The molecule has 4 aliphatic rings. The number of cyclic esters (lactones) is 1. The molecule has 0 amide bonds. The molecular weight excluding hydrogens is 464 g/mol. The summed E-state index contributed by atoms with van der Waals surface area (Å²) >= 11 is 0. The van der Waals surface area contributed by atoms with Crippen LogP contribution in [0.25, 0.3) is 0 Å². The van der Waals surface area contributed by atoms with Crippen molar-refractivity contribution in [3.8, 4) is 0 Å². The molecule has 3 aliphatic carbocycles. The van der Waals surface area contributed by atoms with E-state index in [1.807, 2.05) is 0 Å². The third-order valence-corrected chi connectivity index (χ3v) is 10.5. The number of esters is 1. The highest BCUT2D eigenvalue weighted by Crippen LogP contribution is 2.60. The molecule has 1 aliphatic heterocycles. The van der Waals surface area contributed by atoms with Gasteiger partial charge in [-0.2, -0.15) is 0 Å². The van der Waals surface area contributed by atoms with Crippen LogP contribution in [0.3, 0.4) is 0 Å². The smallest absolute Gasteiger partial charge is 0.334 e. The van der Waals surface area contributed by atoms with Crippen LogP contribution in [0.4, 0.5) is 0 Å². The highest BCUT2D eigenvalue weighted by Gasteiger charge is 2.51. The standard InChI is InChI=1S/C32H48O5/c1-6-24-21(4)31(36)37-29(24)17-19(2)26-13-14-27-22(9-7-15-32(26,27)5)11-12-23-18-28(34)25(10-8-16-33)30(35)20(23)3/h11-12,19,24-30,33-35H,3-4,6-10,13-18H2,1-2,5H3/b22-11+,23-12-/t19-,24-,25+,26-,27+,28-,29-,30-,32-/m1/s1. The molecule has 4 rings (SSSR count). The molecule has 206 valence electrons. The number of hydrogen-bond acceptors (Lipinski definition) is 5. The van der Waals surface area contributed by atoms with Crippen LogP contribution in [0.15, 0.2) is 47.6 Å². The molecular formula is C32H48O5. The quantitative estimate of drug-likeness (QED) is 0.289. The number of rotatable bonds is 8. The van der Waals surface area contributed by atoms with Gasteiger partial charge in [-0.15, -0.1) is 0 Å². The molecule has 4 fully saturated rings. The fourth-order valence-electron chi connectivity index (χ4n) is 8.36. The average molecular weight is 513 g/mol. The number of carbonyl (C=O) groups excluding carboxylic acids is 1. The largest absolute Gasteiger partial charge is 0.458 e. The third-order valence-electron chi connectivity index (χ3n) is 10.5. The van der Waals surface area contributed by atoms with Gasteiger partial charge in [0.1, 0.15) is 6.10 Å². The van der Waals surface area contributed by atoms with Crippen LogP contribution in [0.2, 0.25) is 0 Å². The Morgan fingerprint density at radius 2 is 1.95 bits per heavy atom. The molecule has 0 bridgehead atoms. The fourth-order valence-corrected chi connectivity index (χ4v) is 8.36. The zero-order valence-electron chi connectivity index (χ0n) is 23.1. The van der Waals surface area contributed by atoms with Crippen molar-refractivity contribution in [2.24, 2.45) is 35.0 Å². The second kappa shape index (κ2) is 11.6. The molecule has 1 heterocycles. The van der Waals surface area contributed by atoms with Gasteiger partial charge < -0.3 is 20.1 Å². The lowest BCUT2D eigenvalue weighted by atomic mass is 9.60. The third kappa shape index (κ3) is 5.42. The number of ether oxygens (including phenoxy) is 1. The zero-order valence-corrected chi connectivity index (χ0v) is 23.1. The minimum absolute atomic E-state index is 0.0395. The summed E-state index contributed by atoms with van der Waals surface area (Å²) in [5.74, 6) is 1.28. The van der Waals surface area contributed by atoms with E-state index >= 15 is 0 Å². The van der Waals surface area contributed by atoms with Gasteiger partial charge in [0.2, 0.25) is 0 Å². The molecule has 5 heteroatoms. The van der Waals surface area contributed by atoms with Crippen LogP contribution < -0.4 is 0 Å². The van der Waals surface area contributed by atoms with Crippen molar-refractivity contribution in [1.29, 1.82) is 0 Å². The van der Waals surface area contributed by atoms with Crippen LogP contribution in [0.5, 0.6) is 0 Å². The summed E-state index contributed by atoms with van der Waals surface area (Å²) in [7, 11) is 0. The molecule has 37 heavy (non-hydrogen) atoms. The lowest BCUT2D eigenvalue weighted by Crippen LogP contribution is -2.38. The number of aliphatic hydroxyl groups is 3. The summed E-state index contributed by atoms with van der Waals surface area (Å²) in [6.45, 7) is 15.1. The minimum Gasteiger partial charge on any atom is -0.458 e. The molecule has 0 aromatic carbocycles. The first-order valence-electron chi connectivity index (χ1n) is 14.6. The normalized spacial score (nSPS) is 41.4. The maximum absolute atomic E-state index is 12.1. The Labute approximate surface area is 223 Å². The van der Waals surface area contributed by atoms with Gasteiger partial charge in [-0.1, -0.05) is 51.7 Å². The zero-order chi connectivity index (χ0) is 26.9. The topological polar surface area (TPSA) is 87.0 Å². The van der Waals surface area contributed by atoms with Crippen molar-refractivity contribution in [2.45, 2.75) is 103 Å². The minimum atomic E-state index is -0.763. The number of carbonyl (C=O) groups is 1. The molecule has 0 aromatic heterocycles. The molecule has 0 radical (unpaired) electrons. The Morgan fingerprint density at radius 3 is 2.65 bits per heavy atom. The van der Waals surface area contributed by atoms with E-state index in [4.69, 9.17) is 9.84 Å². The first-order valence-corrected chi connectivity index (χ1v) is 14.6. The van der Waals surface area contributed by atoms with Gasteiger partial charge in [-0.3, -0.25) is 0 Å². The van der Waals surface area contributed by atoms with E-state index < -0.39 is 12.2 Å². The van der Waals surface area contributed by atoms with E-state index in [9.17, 15) is 15.0 Å². The molecule has 3 saturated carbocycles. The monoisotopic (exact) mass is 512 g/mol.